The molecule has 0 aliphatic heterocycles. The van der Waals surface area contributed by atoms with Crippen LogP contribution >= 0.6 is 0 Å². The second-order valence-corrected chi connectivity index (χ2v) is 12.5. The van der Waals surface area contributed by atoms with Gasteiger partial charge in [0.1, 0.15) is 0 Å². The van der Waals surface area contributed by atoms with Crippen LogP contribution in [0.2, 0.25) is 0 Å². The molecule has 3 fully saturated rings. The maximum atomic E-state index is 12.7. The molecule has 37 heavy (non-hydrogen) atoms. The van der Waals surface area contributed by atoms with Gasteiger partial charge in [-0.3, -0.25) is 4.79 Å². The van der Waals surface area contributed by atoms with E-state index >= 15 is 0 Å². The van der Waals surface area contributed by atoms with E-state index in [9.17, 15) is 15.0 Å². The summed E-state index contributed by atoms with van der Waals surface area (Å²) in [7, 11) is 0. The minimum Gasteiger partial charge on any atom is -0.388 e. The normalized spacial score (nSPS) is 32.8. The number of carbonyl (C=O) groups is 1. The van der Waals surface area contributed by atoms with Gasteiger partial charge in [0.15, 0.2) is 5.78 Å². The number of fused-ring (bicyclic) bond motifs is 1. The second-order valence-electron chi connectivity index (χ2n) is 12.5. The van der Waals surface area contributed by atoms with E-state index in [0.717, 1.165) is 24.1 Å². The maximum absolute atomic E-state index is 12.7. The number of aromatic nitrogens is 1. The Balaban J connectivity index is 1.46. The van der Waals surface area contributed by atoms with Crippen molar-refractivity contribution in [3.63, 3.8) is 0 Å². The third-order valence-corrected chi connectivity index (χ3v) is 10.3. The van der Waals surface area contributed by atoms with Gasteiger partial charge in [-0.2, -0.15) is 0 Å². The number of allylic oxidation sites excluding steroid dienone is 3. The lowest BCUT2D eigenvalue weighted by molar-refractivity contribution is 0.0652. The first-order valence-electron chi connectivity index (χ1n) is 14.8. The number of hydrogen-bond acceptors (Lipinski definition) is 3. The van der Waals surface area contributed by atoms with Gasteiger partial charge in [0.2, 0.25) is 0 Å². The summed E-state index contributed by atoms with van der Waals surface area (Å²) in [4.78, 5) is 15.8. The molecule has 4 nitrogen and oxygen atoms in total. The lowest BCUT2D eigenvalue weighted by Crippen LogP contribution is -2.38. The molecule has 0 saturated heterocycles. The molecule has 1 aromatic heterocycles. The molecule has 0 unspecified atom stereocenters. The maximum Gasteiger partial charge on any atom is 0.179 e. The summed E-state index contributed by atoms with van der Waals surface area (Å²) >= 11 is 0. The molecular formula is C33H49NO3. The number of nitrogens with one attached hydrogen (secondary N) is 1. The van der Waals surface area contributed by atoms with E-state index in [1.54, 1.807) is 5.57 Å². The average Bonchev–Trinajstić information content (AvgIpc) is 3.53. The number of hydrogen-bond donors (Lipinski definition) is 3. The molecule has 4 heteroatoms. The van der Waals surface area contributed by atoms with E-state index in [0.29, 0.717) is 53.9 Å². The van der Waals surface area contributed by atoms with Gasteiger partial charge < -0.3 is 15.2 Å². The predicted octanol–water partition coefficient (Wildman–Crippen LogP) is 7.56. The Bertz CT molecular complexity index is 973. The summed E-state index contributed by atoms with van der Waals surface area (Å²) in [6.45, 7) is 11.1. The molecule has 0 aromatic carbocycles. The molecule has 7 atom stereocenters. The van der Waals surface area contributed by atoms with Gasteiger partial charge in [-0.05, 0) is 98.2 Å². The zero-order chi connectivity index (χ0) is 26.6. The average molecular weight is 508 g/mol. The zero-order valence-corrected chi connectivity index (χ0v) is 23.3. The Hall–Kier alpha value is -1.91. The van der Waals surface area contributed by atoms with Crippen molar-refractivity contribution in [2.24, 2.45) is 29.1 Å². The molecule has 0 radical (unpaired) electrons. The summed E-state index contributed by atoms with van der Waals surface area (Å²) in [6, 6.07) is 3.80. The topological polar surface area (TPSA) is 73.3 Å². The fraction of sp³-hybridized carbons (Fsp3) is 0.667. The van der Waals surface area contributed by atoms with Crippen LogP contribution in [-0.4, -0.2) is 33.2 Å². The van der Waals surface area contributed by atoms with E-state index in [2.05, 4.69) is 44.5 Å². The Kier molecular flexibility index (Phi) is 9.34. The van der Waals surface area contributed by atoms with Crippen molar-refractivity contribution in [3.8, 4) is 0 Å². The molecule has 3 saturated carbocycles. The number of aromatic amines is 1. The molecule has 1 heterocycles. The summed E-state index contributed by atoms with van der Waals surface area (Å²) < 4.78 is 0. The van der Waals surface area contributed by atoms with Crippen LogP contribution in [0.3, 0.4) is 0 Å². The van der Waals surface area contributed by atoms with E-state index in [1.165, 1.54) is 44.9 Å². The van der Waals surface area contributed by atoms with Crippen molar-refractivity contribution < 1.29 is 15.0 Å². The molecule has 3 N–H and O–H groups in total. The Labute approximate surface area is 224 Å². The van der Waals surface area contributed by atoms with Crippen LogP contribution in [0, 0.1) is 29.1 Å². The number of unbranched alkanes of at least 4 members (excludes halogenated alkanes) is 1. The van der Waals surface area contributed by atoms with Crippen molar-refractivity contribution in [3.05, 3.63) is 59.5 Å². The van der Waals surface area contributed by atoms with Gasteiger partial charge in [-0.1, -0.05) is 69.9 Å². The quantitative estimate of drug-likeness (QED) is 0.226. The van der Waals surface area contributed by atoms with E-state index < -0.39 is 12.2 Å². The highest BCUT2D eigenvalue weighted by molar-refractivity contribution is 5.94. The molecule has 4 rings (SSSR count). The highest BCUT2D eigenvalue weighted by Crippen LogP contribution is 2.60. The molecule has 0 bridgehead atoms. The first-order chi connectivity index (χ1) is 17.7. The summed E-state index contributed by atoms with van der Waals surface area (Å²) in [5.74, 6) is 2.76. The number of aliphatic hydroxyl groups excluding tert-OH is 2. The first kappa shape index (κ1) is 28.1. The third-order valence-electron chi connectivity index (χ3n) is 10.3. The van der Waals surface area contributed by atoms with Gasteiger partial charge in [-0.15, -0.1) is 0 Å². The van der Waals surface area contributed by atoms with Crippen molar-refractivity contribution in [1.29, 1.82) is 0 Å². The molecule has 3 aliphatic rings. The Morgan fingerprint density at radius 1 is 1.22 bits per heavy atom. The largest absolute Gasteiger partial charge is 0.388 e. The molecule has 3 aliphatic carbocycles. The number of ketones is 1. The van der Waals surface area contributed by atoms with Crippen LogP contribution in [0.4, 0.5) is 0 Å². The third kappa shape index (κ3) is 6.23. The molecule has 0 amide bonds. The van der Waals surface area contributed by atoms with Crippen molar-refractivity contribution in [2.75, 3.05) is 0 Å². The summed E-state index contributed by atoms with van der Waals surface area (Å²) in [5, 5.41) is 20.5. The van der Waals surface area contributed by atoms with E-state index in [-0.39, 0.29) is 5.78 Å². The lowest BCUT2D eigenvalue weighted by atomic mass is 9.59. The fourth-order valence-electron chi connectivity index (χ4n) is 7.99. The summed E-state index contributed by atoms with van der Waals surface area (Å²) in [6.07, 6.45) is 17.8. The van der Waals surface area contributed by atoms with Crippen LogP contribution in [0.25, 0.3) is 0 Å². The molecule has 0 spiro atoms. The standard InChI is InChI=1S/C33H49NO3/c1-5-6-9-25(14-17-30(35)29-11-8-19-34-29)22(2)27-15-16-28-26(10-7-18-33(27,28)4)13-12-24-20-31(36)23(3)32(37)21-24/h8,11-13,19,22,25,27-28,31-32,34,36-37H,3,5-7,9-10,14-18,20-21H2,1-2,4H3/b26-13+/t22-,25+,27-,28+,31-,32-,33-/m1/s1. The minimum absolute atomic E-state index is 0.242. The van der Waals surface area contributed by atoms with Crippen LogP contribution in [0.5, 0.6) is 0 Å². The van der Waals surface area contributed by atoms with E-state index in [4.69, 9.17) is 0 Å². The van der Waals surface area contributed by atoms with Gasteiger partial charge in [0.25, 0.3) is 0 Å². The number of carbonyl (C=O) groups excluding carboxylic acids is 1. The first-order valence-corrected chi connectivity index (χ1v) is 14.8. The van der Waals surface area contributed by atoms with Crippen LogP contribution in [-0.2, 0) is 0 Å². The van der Waals surface area contributed by atoms with Crippen LogP contribution < -0.4 is 0 Å². The van der Waals surface area contributed by atoms with Crippen molar-refractivity contribution in [2.45, 2.75) is 110 Å². The van der Waals surface area contributed by atoms with Gasteiger partial charge >= 0.3 is 0 Å². The van der Waals surface area contributed by atoms with Crippen LogP contribution in [0.15, 0.2) is 53.8 Å². The second kappa shape index (κ2) is 12.3. The highest BCUT2D eigenvalue weighted by Gasteiger charge is 2.51. The monoisotopic (exact) mass is 507 g/mol. The number of Topliss-reactive ketones (excluding diaryl/α,β-unsaturated/α-hetero) is 1. The zero-order valence-electron chi connectivity index (χ0n) is 23.3. The SMILES string of the molecule is C=C1[C@H](O)CC(=C/C=C2\CCC[C@]3(C)[C@@H]([C@H](C)[C@@H](CCCC)CCC(=O)c4ccc[nH]4)CC[C@@H]23)C[C@H]1O. The number of H-pyrrole nitrogens is 1. The van der Waals surface area contributed by atoms with Crippen molar-refractivity contribution in [1.82, 2.24) is 4.98 Å². The summed E-state index contributed by atoms with van der Waals surface area (Å²) in [5.41, 5.74) is 4.30. The lowest BCUT2D eigenvalue weighted by Gasteiger charge is -2.46. The number of aliphatic hydroxyl groups is 2. The Morgan fingerprint density at radius 2 is 1.97 bits per heavy atom. The Morgan fingerprint density at radius 3 is 2.65 bits per heavy atom. The van der Waals surface area contributed by atoms with Gasteiger partial charge in [-0.25, -0.2) is 0 Å². The molecular weight excluding hydrogens is 458 g/mol. The fourth-order valence-corrected chi connectivity index (χ4v) is 7.99. The van der Waals surface area contributed by atoms with Crippen LogP contribution in [0.1, 0.15) is 108 Å². The molecule has 204 valence electrons. The minimum atomic E-state index is -0.634. The molecule has 1 aromatic rings. The van der Waals surface area contributed by atoms with Crippen molar-refractivity contribution >= 4 is 5.78 Å². The number of rotatable bonds is 10. The highest BCUT2D eigenvalue weighted by atomic mass is 16.3. The van der Waals surface area contributed by atoms with E-state index in [1.807, 2.05) is 18.3 Å². The smallest absolute Gasteiger partial charge is 0.179 e. The van der Waals surface area contributed by atoms with Gasteiger partial charge in [0, 0.05) is 12.6 Å². The van der Waals surface area contributed by atoms with Gasteiger partial charge in [0.05, 0.1) is 17.9 Å². The predicted molar refractivity (Wildman–Crippen MR) is 151 cm³/mol.